The molecule has 0 amide bonds. The lowest BCUT2D eigenvalue weighted by atomic mass is 9.91. The normalized spacial score (nSPS) is 19.5. The van der Waals surface area contributed by atoms with E-state index in [2.05, 4.69) is 67.0 Å². The van der Waals surface area contributed by atoms with Gasteiger partial charge in [-0.2, -0.15) is 0 Å². The van der Waals surface area contributed by atoms with Crippen LogP contribution in [0.3, 0.4) is 0 Å². The molecule has 2 heterocycles. The van der Waals surface area contributed by atoms with E-state index in [9.17, 15) is 0 Å². The topological polar surface area (TPSA) is 63.2 Å². The fourth-order valence-corrected chi connectivity index (χ4v) is 4.69. The number of nitrogen functional groups attached to an aromatic ring is 1. The van der Waals surface area contributed by atoms with E-state index in [0.29, 0.717) is 0 Å². The van der Waals surface area contributed by atoms with Gasteiger partial charge in [-0.25, -0.2) is 0 Å². The Labute approximate surface area is 178 Å². The van der Waals surface area contributed by atoms with E-state index in [4.69, 9.17) is 5.73 Å². The van der Waals surface area contributed by atoms with Crippen molar-refractivity contribution in [2.45, 2.75) is 37.9 Å². The minimum atomic E-state index is 0.0837. The molecule has 2 fully saturated rings. The summed E-state index contributed by atoms with van der Waals surface area (Å²) in [4.78, 5) is 5.24. The number of aromatic nitrogens is 3. The Morgan fingerprint density at radius 3 is 2.33 bits per heavy atom. The van der Waals surface area contributed by atoms with Crippen LogP contribution in [0.15, 0.2) is 60.9 Å². The van der Waals surface area contributed by atoms with Crippen LogP contribution < -0.4 is 5.73 Å². The third-order valence-corrected chi connectivity index (χ3v) is 6.64. The van der Waals surface area contributed by atoms with E-state index in [1.165, 1.54) is 30.4 Å². The lowest BCUT2D eigenvalue weighted by Crippen LogP contribution is -2.53. The summed E-state index contributed by atoms with van der Waals surface area (Å²) in [5, 5.41) is 8.89. The molecule has 1 aromatic heterocycles. The second-order valence-electron chi connectivity index (χ2n) is 8.53. The van der Waals surface area contributed by atoms with Gasteiger partial charge in [0.05, 0.1) is 12.6 Å². The van der Waals surface area contributed by atoms with Crippen molar-refractivity contribution in [3.8, 4) is 0 Å². The van der Waals surface area contributed by atoms with E-state index < -0.39 is 0 Å². The summed E-state index contributed by atoms with van der Waals surface area (Å²) in [5.41, 5.74) is 9.25. The summed E-state index contributed by atoms with van der Waals surface area (Å²) in [6, 6.07) is 19.7. The Balaban J connectivity index is 1.42. The van der Waals surface area contributed by atoms with Crippen LogP contribution in [-0.2, 0) is 6.54 Å². The highest BCUT2D eigenvalue weighted by Gasteiger charge is 2.33. The van der Waals surface area contributed by atoms with Gasteiger partial charge in [-0.1, -0.05) is 48.9 Å². The van der Waals surface area contributed by atoms with Gasteiger partial charge in [-0.15, -0.1) is 10.2 Å². The first-order valence-electron chi connectivity index (χ1n) is 11.0. The quantitative estimate of drug-likeness (QED) is 0.642. The van der Waals surface area contributed by atoms with Crippen LogP contribution in [0.1, 0.15) is 42.3 Å². The molecule has 1 atom stereocenters. The number of hydrogen-bond acceptors (Lipinski definition) is 5. The van der Waals surface area contributed by atoms with Crippen LogP contribution in [0.2, 0.25) is 0 Å². The number of anilines is 1. The molecular formula is C24H30N6. The Morgan fingerprint density at radius 2 is 1.67 bits per heavy atom. The maximum Gasteiger partial charge on any atom is 0.155 e. The molecule has 1 unspecified atom stereocenters. The largest absolute Gasteiger partial charge is 0.399 e. The predicted molar refractivity (Wildman–Crippen MR) is 119 cm³/mol. The van der Waals surface area contributed by atoms with Crippen LogP contribution in [0.5, 0.6) is 0 Å². The first-order chi connectivity index (χ1) is 14.8. The molecule has 1 aliphatic heterocycles. The Morgan fingerprint density at radius 1 is 0.933 bits per heavy atom. The first-order valence-corrected chi connectivity index (χ1v) is 11.0. The Hall–Kier alpha value is -2.70. The van der Waals surface area contributed by atoms with E-state index >= 15 is 0 Å². The number of rotatable bonds is 6. The van der Waals surface area contributed by atoms with Crippen LogP contribution >= 0.6 is 0 Å². The van der Waals surface area contributed by atoms with E-state index in [1.807, 2.05) is 18.5 Å². The number of nitrogens with zero attached hydrogens (tertiary/aromatic N) is 5. The maximum atomic E-state index is 5.98. The molecule has 30 heavy (non-hydrogen) atoms. The fourth-order valence-electron chi connectivity index (χ4n) is 4.69. The van der Waals surface area contributed by atoms with Gasteiger partial charge in [0.2, 0.25) is 0 Å². The third-order valence-electron chi connectivity index (χ3n) is 6.64. The van der Waals surface area contributed by atoms with Crippen LogP contribution in [0.25, 0.3) is 0 Å². The molecular weight excluding hydrogens is 372 g/mol. The molecule has 2 N–H and O–H groups in total. The summed E-state index contributed by atoms with van der Waals surface area (Å²) < 4.78 is 2.19. The third kappa shape index (κ3) is 3.98. The zero-order valence-electron chi connectivity index (χ0n) is 17.4. The first kappa shape index (κ1) is 19.3. The van der Waals surface area contributed by atoms with E-state index in [1.54, 1.807) is 0 Å². The zero-order chi connectivity index (χ0) is 20.3. The van der Waals surface area contributed by atoms with Crippen molar-refractivity contribution in [2.24, 2.45) is 0 Å². The van der Waals surface area contributed by atoms with Gasteiger partial charge in [0.25, 0.3) is 0 Å². The number of nitrogens with two attached hydrogens (primary N) is 1. The highest BCUT2D eigenvalue weighted by Crippen LogP contribution is 2.31. The maximum absolute atomic E-state index is 5.98. The van der Waals surface area contributed by atoms with E-state index in [-0.39, 0.29) is 6.04 Å². The summed E-state index contributed by atoms with van der Waals surface area (Å²) in [5.74, 6) is 1.00. The molecule has 2 aromatic carbocycles. The molecule has 156 valence electrons. The van der Waals surface area contributed by atoms with Gasteiger partial charge in [0.15, 0.2) is 5.82 Å². The molecule has 2 aliphatic rings. The number of benzene rings is 2. The van der Waals surface area contributed by atoms with Crippen molar-refractivity contribution < 1.29 is 0 Å². The molecule has 0 bridgehead atoms. The zero-order valence-corrected chi connectivity index (χ0v) is 17.4. The minimum absolute atomic E-state index is 0.0837. The average Bonchev–Trinajstić information content (AvgIpc) is 3.18. The summed E-state index contributed by atoms with van der Waals surface area (Å²) in [6.45, 7) is 5.12. The lowest BCUT2D eigenvalue weighted by Gasteiger charge is -2.44. The summed E-state index contributed by atoms with van der Waals surface area (Å²) >= 11 is 0. The molecule has 1 saturated heterocycles. The molecule has 0 spiro atoms. The summed E-state index contributed by atoms with van der Waals surface area (Å²) in [7, 11) is 0. The second-order valence-corrected chi connectivity index (χ2v) is 8.53. The van der Waals surface area contributed by atoms with Crippen molar-refractivity contribution in [1.29, 1.82) is 0 Å². The van der Waals surface area contributed by atoms with Gasteiger partial charge in [-0.3, -0.25) is 9.80 Å². The van der Waals surface area contributed by atoms with Gasteiger partial charge in [0, 0.05) is 37.9 Å². The molecule has 1 aliphatic carbocycles. The molecule has 6 heteroatoms. The van der Waals surface area contributed by atoms with Gasteiger partial charge in [0.1, 0.15) is 6.33 Å². The van der Waals surface area contributed by atoms with Gasteiger partial charge < -0.3 is 10.3 Å². The monoisotopic (exact) mass is 402 g/mol. The van der Waals surface area contributed by atoms with Crippen molar-refractivity contribution in [3.63, 3.8) is 0 Å². The smallest absolute Gasteiger partial charge is 0.155 e. The van der Waals surface area contributed by atoms with Crippen molar-refractivity contribution in [1.82, 2.24) is 24.6 Å². The molecule has 6 nitrogen and oxygen atoms in total. The minimum Gasteiger partial charge on any atom is -0.399 e. The Kier molecular flexibility index (Phi) is 5.51. The standard InChI is InChI=1S/C24H30N6/c25-21-11-9-20(10-12-21)23(29-15-13-28(14-16-29)22-7-4-8-22)24-27-26-18-30(24)17-19-5-2-1-3-6-19/h1-3,5-6,9-12,18,22-23H,4,7-8,13-17,25H2. The average molecular weight is 403 g/mol. The molecule has 1 saturated carbocycles. The molecule has 0 radical (unpaired) electrons. The fraction of sp³-hybridized carbons (Fsp3) is 0.417. The highest BCUT2D eigenvalue weighted by atomic mass is 15.3. The number of hydrogen-bond donors (Lipinski definition) is 1. The lowest BCUT2D eigenvalue weighted by molar-refractivity contribution is 0.0476. The van der Waals surface area contributed by atoms with Crippen LogP contribution in [-0.4, -0.2) is 56.8 Å². The molecule has 5 rings (SSSR count). The van der Waals surface area contributed by atoms with Crippen LogP contribution in [0.4, 0.5) is 5.69 Å². The van der Waals surface area contributed by atoms with Gasteiger partial charge in [-0.05, 0) is 36.1 Å². The SMILES string of the molecule is Nc1ccc(C(c2nncn2Cc2ccccc2)N2CCN(C3CCC3)CC2)cc1. The number of piperazine rings is 1. The Bertz CT molecular complexity index is 939. The van der Waals surface area contributed by atoms with E-state index in [0.717, 1.165) is 50.3 Å². The highest BCUT2D eigenvalue weighted by molar-refractivity contribution is 5.41. The van der Waals surface area contributed by atoms with Crippen LogP contribution in [0, 0.1) is 0 Å². The van der Waals surface area contributed by atoms with Crippen molar-refractivity contribution >= 4 is 5.69 Å². The summed E-state index contributed by atoms with van der Waals surface area (Å²) in [6.07, 6.45) is 5.98. The van der Waals surface area contributed by atoms with Crippen molar-refractivity contribution in [2.75, 3.05) is 31.9 Å². The predicted octanol–water partition coefficient (Wildman–Crippen LogP) is 3.17. The second kappa shape index (κ2) is 8.58. The van der Waals surface area contributed by atoms with Crippen molar-refractivity contribution in [3.05, 3.63) is 77.9 Å². The molecule has 3 aromatic rings. The van der Waals surface area contributed by atoms with Gasteiger partial charge >= 0.3 is 0 Å².